The van der Waals surface area contributed by atoms with E-state index in [1.165, 1.54) is 31.7 Å². The molecule has 1 aromatic heterocycles. The van der Waals surface area contributed by atoms with Gasteiger partial charge in [-0.2, -0.15) is 0 Å². The molecule has 1 aliphatic rings. The molecule has 1 N–H and O–H groups in total. The molecule has 2 rings (SSSR count). The third-order valence-corrected chi connectivity index (χ3v) is 3.57. The number of halogens is 1. The first kappa shape index (κ1) is 12.5. The second-order valence-electron chi connectivity index (χ2n) is 4.85. The second-order valence-corrected chi connectivity index (χ2v) is 4.85. The maximum Gasteiger partial charge on any atom is 0.146 e. The van der Waals surface area contributed by atoms with Gasteiger partial charge in [-0.1, -0.05) is 19.8 Å². The Morgan fingerprint density at radius 2 is 2.24 bits per heavy atom. The minimum atomic E-state index is -0.173. The van der Waals surface area contributed by atoms with Crippen molar-refractivity contribution in [2.24, 2.45) is 5.92 Å². The molecule has 1 fully saturated rings. The van der Waals surface area contributed by atoms with E-state index in [9.17, 15) is 4.39 Å². The lowest BCUT2D eigenvalue weighted by molar-refractivity contribution is 0.349. The first-order chi connectivity index (χ1) is 8.33. The number of pyridine rings is 1. The fourth-order valence-electron chi connectivity index (χ4n) is 2.70. The number of hydrogen-bond acceptors (Lipinski definition) is 2. The van der Waals surface area contributed by atoms with E-state index in [1.54, 1.807) is 12.3 Å². The highest BCUT2D eigenvalue weighted by Gasteiger charge is 2.28. The Balaban J connectivity index is 2.16. The van der Waals surface area contributed by atoms with Crippen LogP contribution in [0.5, 0.6) is 0 Å². The van der Waals surface area contributed by atoms with Crippen LogP contribution < -0.4 is 5.32 Å². The highest BCUT2D eigenvalue weighted by Crippen LogP contribution is 2.35. The summed E-state index contributed by atoms with van der Waals surface area (Å²) in [4.78, 5) is 4.24. The first-order valence-electron chi connectivity index (χ1n) is 6.66. The van der Waals surface area contributed by atoms with Crippen LogP contribution in [0, 0.1) is 11.7 Å². The number of nitrogens with zero attached hydrogens (tertiary/aromatic N) is 1. The summed E-state index contributed by atoms with van der Waals surface area (Å²) in [7, 11) is 0. The molecular formula is C14H21FN2. The van der Waals surface area contributed by atoms with Crippen molar-refractivity contribution in [3.63, 3.8) is 0 Å². The van der Waals surface area contributed by atoms with Gasteiger partial charge in [0.25, 0.3) is 0 Å². The van der Waals surface area contributed by atoms with Gasteiger partial charge >= 0.3 is 0 Å². The monoisotopic (exact) mass is 236 g/mol. The fourth-order valence-corrected chi connectivity index (χ4v) is 2.70. The lowest BCUT2D eigenvalue weighted by Gasteiger charge is -2.24. The molecule has 0 spiro atoms. The van der Waals surface area contributed by atoms with Gasteiger partial charge in [0.15, 0.2) is 0 Å². The normalized spacial score (nSPS) is 18.5. The lowest BCUT2D eigenvalue weighted by Crippen LogP contribution is -2.29. The molecule has 1 aliphatic carbocycles. The molecule has 3 heteroatoms. The number of hydrogen-bond donors (Lipinski definition) is 1. The summed E-state index contributed by atoms with van der Waals surface area (Å²) in [6, 6.07) is 3.26. The zero-order valence-electron chi connectivity index (χ0n) is 10.5. The maximum atomic E-state index is 13.8. The van der Waals surface area contributed by atoms with Crippen molar-refractivity contribution >= 4 is 0 Å². The number of aromatic nitrogens is 1. The van der Waals surface area contributed by atoms with Crippen molar-refractivity contribution in [1.82, 2.24) is 10.3 Å². The maximum absolute atomic E-state index is 13.8. The zero-order chi connectivity index (χ0) is 12.1. The molecule has 17 heavy (non-hydrogen) atoms. The van der Waals surface area contributed by atoms with Crippen molar-refractivity contribution in [2.75, 3.05) is 6.54 Å². The van der Waals surface area contributed by atoms with Gasteiger partial charge in [0.2, 0.25) is 0 Å². The SMILES string of the molecule is CCCNC(c1ncccc1F)C1CCCC1. The van der Waals surface area contributed by atoms with Gasteiger partial charge in [-0.25, -0.2) is 4.39 Å². The van der Waals surface area contributed by atoms with Gasteiger partial charge in [0.05, 0.1) is 11.7 Å². The van der Waals surface area contributed by atoms with Crippen LogP contribution in [-0.2, 0) is 0 Å². The topological polar surface area (TPSA) is 24.9 Å². The van der Waals surface area contributed by atoms with Crippen LogP contribution in [0.3, 0.4) is 0 Å². The third-order valence-electron chi connectivity index (χ3n) is 3.57. The minimum absolute atomic E-state index is 0.0960. The molecular weight excluding hydrogens is 215 g/mol. The Kier molecular flexibility index (Phi) is 4.49. The van der Waals surface area contributed by atoms with E-state index in [4.69, 9.17) is 0 Å². The van der Waals surface area contributed by atoms with E-state index < -0.39 is 0 Å². The fraction of sp³-hybridized carbons (Fsp3) is 0.643. The van der Waals surface area contributed by atoms with Gasteiger partial charge in [-0.3, -0.25) is 4.98 Å². The van der Waals surface area contributed by atoms with Crippen molar-refractivity contribution in [3.05, 3.63) is 29.8 Å². The molecule has 1 unspecified atom stereocenters. The lowest BCUT2D eigenvalue weighted by atomic mass is 9.94. The van der Waals surface area contributed by atoms with Crippen LogP contribution in [-0.4, -0.2) is 11.5 Å². The molecule has 0 radical (unpaired) electrons. The van der Waals surface area contributed by atoms with Gasteiger partial charge in [-0.05, 0) is 43.9 Å². The Morgan fingerprint density at radius 1 is 1.47 bits per heavy atom. The summed E-state index contributed by atoms with van der Waals surface area (Å²) >= 11 is 0. The standard InChI is InChI=1S/C14H21FN2/c1-2-9-16-13(11-6-3-4-7-11)14-12(15)8-5-10-17-14/h5,8,10-11,13,16H,2-4,6-7,9H2,1H3. The summed E-state index contributed by atoms with van der Waals surface area (Å²) < 4.78 is 13.8. The number of rotatable bonds is 5. The summed E-state index contributed by atoms with van der Waals surface area (Å²) in [5, 5.41) is 3.47. The molecule has 0 aliphatic heterocycles. The largest absolute Gasteiger partial charge is 0.308 e. The molecule has 1 aromatic rings. The average molecular weight is 236 g/mol. The van der Waals surface area contributed by atoms with Gasteiger partial charge in [0.1, 0.15) is 5.82 Å². The Labute approximate surface area is 103 Å². The van der Waals surface area contributed by atoms with E-state index in [2.05, 4.69) is 17.2 Å². The molecule has 1 heterocycles. The zero-order valence-corrected chi connectivity index (χ0v) is 10.5. The molecule has 1 saturated carbocycles. The molecule has 2 nitrogen and oxygen atoms in total. The molecule has 0 saturated heterocycles. The Hall–Kier alpha value is -0.960. The van der Waals surface area contributed by atoms with E-state index in [1.807, 2.05) is 0 Å². The van der Waals surface area contributed by atoms with Crippen LogP contribution in [0.1, 0.15) is 50.8 Å². The molecule has 94 valence electrons. The van der Waals surface area contributed by atoms with Crippen LogP contribution in [0.25, 0.3) is 0 Å². The molecule has 0 aromatic carbocycles. The van der Waals surface area contributed by atoms with E-state index in [-0.39, 0.29) is 11.9 Å². The van der Waals surface area contributed by atoms with Crippen molar-refractivity contribution in [1.29, 1.82) is 0 Å². The second kappa shape index (κ2) is 6.10. The smallest absolute Gasteiger partial charge is 0.146 e. The van der Waals surface area contributed by atoms with Crippen LogP contribution in [0.2, 0.25) is 0 Å². The summed E-state index contributed by atoms with van der Waals surface area (Å²) in [5.74, 6) is 0.374. The minimum Gasteiger partial charge on any atom is -0.308 e. The van der Waals surface area contributed by atoms with E-state index >= 15 is 0 Å². The van der Waals surface area contributed by atoms with Crippen LogP contribution in [0.4, 0.5) is 4.39 Å². The summed E-state index contributed by atoms with van der Waals surface area (Å²) in [6.45, 7) is 3.06. The van der Waals surface area contributed by atoms with Crippen molar-refractivity contribution in [3.8, 4) is 0 Å². The summed E-state index contributed by atoms with van der Waals surface area (Å²) in [6.07, 6.45) is 7.67. The predicted octanol–water partition coefficient (Wildman–Crippen LogP) is 3.45. The highest BCUT2D eigenvalue weighted by atomic mass is 19.1. The summed E-state index contributed by atoms with van der Waals surface area (Å²) in [5.41, 5.74) is 0.604. The van der Waals surface area contributed by atoms with Crippen molar-refractivity contribution in [2.45, 2.75) is 45.1 Å². The average Bonchev–Trinajstić information content (AvgIpc) is 2.85. The first-order valence-corrected chi connectivity index (χ1v) is 6.66. The van der Waals surface area contributed by atoms with E-state index in [0.717, 1.165) is 13.0 Å². The molecule has 0 bridgehead atoms. The van der Waals surface area contributed by atoms with Crippen LogP contribution >= 0.6 is 0 Å². The van der Waals surface area contributed by atoms with E-state index in [0.29, 0.717) is 11.6 Å². The third kappa shape index (κ3) is 3.03. The quantitative estimate of drug-likeness (QED) is 0.847. The molecule has 1 atom stereocenters. The highest BCUT2D eigenvalue weighted by molar-refractivity contribution is 5.13. The molecule has 0 amide bonds. The van der Waals surface area contributed by atoms with Crippen LogP contribution in [0.15, 0.2) is 18.3 Å². The Morgan fingerprint density at radius 3 is 2.88 bits per heavy atom. The van der Waals surface area contributed by atoms with Gasteiger partial charge in [0, 0.05) is 6.20 Å². The van der Waals surface area contributed by atoms with Gasteiger partial charge in [-0.15, -0.1) is 0 Å². The Bertz CT molecular complexity index is 348. The predicted molar refractivity (Wildman–Crippen MR) is 67.2 cm³/mol. The van der Waals surface area contributed by atoms with Gasteiger partial charge < -0.3 is 5.32 Å². The number of nitrogens with one attached hydrogen (secondary N) is 1. The van der Waals surface area contributed by atoms with Crippen molar-refractivity contribution < 1.29 is 4.39 Å².